The minimum Gasteiger partial charge on any atom is -0.497 e. The number of ether oxygens (including phenoxy) is 4. The van der Waals surface area contributed by atoms with E-state index in [2.05, 4.69) is 20.6 Å². The minimum atomic E-state index is -1.95. The zero-order valence-corrected chi connectivity index (χ0v) is 26.3. The van der Waals surface area contributed by atoms with Gasteiger partial charge in [0.25, 0.3) is 0 Å². The first kappa shape index (κ1) is 30.9. The van der Waals surface area contributed by atoms with Crippen LogP contribution in [0.25, 0.3) is 11.3 Å². The molecule has 1 spiro atoms. The first-order valence-electron chi connectivity index (χ1n) is 14.5. The molecule has 0 saturated carbocycles. The zero-order chi connectivity index (χ0) is 32.6. The van der Waals surface area contributed by atoms with Crippen LogP contribution in [0.3, 0.4) is 0 Å². The fraction of sp³-hybridized carbons (Fsp3) is 0.303. The summed E-state index contributed by atoms with van der Waals surface area (Å²) in [5, 5.41) is 5.94. The molecule has 4 aromatic rings. The monoisotopic (exact) mass is 646 g/mol. The maximum absolute atomic E-state index is 14.7. The molecule has 1 aliphatic heterocycles. The van der Waals surface area contributed by atoms with E-state index in [1.165, 1.54) is 20.3 Å². The summed E-state index contributed by atoms with van der Waals surface area (Å²) in [4.78, 5) is 50.4. The van der Waals surface area contributed by atoms with Crippen molar-refractivity contribution >= 4 is 35.0 Å². The van der Waals surface area contributed by atoms with Crippen molar-refractivity contribution in [1.29, 1.82) is 0 Å². The van der Waals surface area contributed by atoms with Crippen LogP contribution >= 0.6 is 11.6 Å². The van der Waals surface area contributed by atoms with Gasteiger partial charge in [-0.1, -0.05) is 18.5 Å². The van der Waals surface area contributed by atoms with Gasteiger partial charge in [-0.2, -0.15) is 0 Å². The number of benzene rings is 2. The largest absolute Gasteiger partial charge is 0.497 e. The summed E-state index contributed by atoms with van der Waals surface area (Å²) in [5.74, 6) is -0.0196. The van der Waals surface area contributed by atoms with Crippen molar-refractivity contribution in [3.05, 3.63) is 76.3 Å². The Kier molecular flexibility index (Phi) is 8.30. The predicted octanol–water partition coefficient (Wildman–Crippen LogP) is 4.58. The van der Waals surface area contributed by atoms with Gasteiger partial charge in [0.2, 0.25) is 29.0 Å². The van der Waals surface area contributed by atoms with Gasteiger partial charge in [0, 0.05) is 55.0 Å². The number of fused-ring (bicyclic) bond motifs is 2. The molecule has 0 radical (unpaired) electrons. The van der Waals surface area contributed by atoms with Gasteiger partial charge in [0.15, 0.2) is 5.75 Å². The van der Waals surface area contributed by atoms with Gasteiger partial charge in [0.05, 0.1) is 33.3 Å². The molecule has 0 bridgehead atoms. The highest BCUT2D eigenvalue weighted by Crippen LogP contribution is 2.54. The van der Waals surface area contributed by atoms with Crippen molar-refractivity contribution in [2.45, 2.75) is 25.4 Å². The quantitative estimate of drug-likeness (QED) is 0.184. The number of nitrogens with one attached hydrogen (secondary N) is 2. The maximum Gasteiger partial charge on any atom is 0.237 e. The molecule has 2 aromatic heterocycles. The normalized spacial score (nSPS) is 18.1. The molecule has 1 amide bonds. The van der Waals surface area contributed by atoms with Gasteiger partial charge >= 0.3 is 0 Å². The molecule has 238 valence electrons. The number of amides is 1. The molecule has 0 fully saturated rings. The summed E-state index contributed by atoms with van der Waals surface area (Å²) in [6.45, 7) is 2.38. The molecular weight excluding hydrogens is 616 g/mol. The van der Waals surface area contributed by atoms with Crippen LogP contribution in [0, 0.1) is 5.92 Å². The van der Waals surface area contributed by atoms with Crippen molar-refractivity contribution in [2.75, 3.05) is 39.7 Å². The maximum atomic E-state index is 14.7. The molecule has 3 heterocycles. The molecule has 0 unspecified atom stereocenters. The number of hydrogen-bond acceptors (Lipinski definition) is 11. The van der Waals surface area contributed by atoms with Gasteiger partial charge < -0.3 is 34.0 Å². The first-order chi connectivity index (χ1) is 22.2. The molecule has 2 aliphatic rings. The molecule has 13 heteroatoms. The van der Waals surface area contributed by atoms with Gasteiger partial charge in [-0.3, -0.25) is 14.4 Å². The number of nitrogens with zero attached hydrogens (tertiary/aromatic N) is 2. The Labute approximate surface area is 269 Å². The SMILES string of the molecule is COc1ccc(-c2oc3c(c2CC(=O)NCCNc2ncccn2)C(=O)[C@@]2(Oc4c(Cl)c(OC)cc(OC)c4C2=O)[C@H](C)C3)cc1. The Hall–Kier alpha value is -5.10. The van der Waals surface area contributed by atoms with Crippen LogP contribution in [0.1, 0.15) is 39.0 Å². The number of ketones is 2. The number of furan rings is 1. The lowest BCUT2D eigenvalue weighted by Crippen LogP contribution is -2.56. The lowest BCUT2D eigenvalue weighted by atomic mass is 9.70. The van der Waals surface area contributed by atoms with E-state index in [4.69, 9.17) is 35.0 Å². The third kappa shape index (κ3) is 5.08. The predicted molar refractivity (Wildman–Crippen MR) is 167 cm³/mol. The fourth-order valence-corrected chi connectivity index (χ4v) is 6.23. The Bertz CT molecular complexity index is 1830. The van der Waals surface area contributed by atoms with Gasteiger partial charge in [0.1, 0.15) is 39.4 Å². The highest BCUT2D eigenvalue weighted by molar-refractivity contribution is 6.36. The summed E-state index contributed by atoms with van der Waals surface area (Å²) >= 11 is 6.59. The summed E-state index contributed by atoms with van der Waals surface area (Å²) in [6.07, 6.45) is 3.21. The van der Waals surface area contributed by atoms with Gasteiger partial charge in [-0.25, -0.2) is 9.97 Å². The van der Waals surface area contributed by atoms with Crippen LogP contribution in [0.15, 0.2) is 53.2 Å². The first-order valence-corrected chi connectivity index (χ1v) is 14.9. The fourth-order valence-electron chi connectivity index (χ4n) is 5.97. The molecule has 2 atom stereocenters. The van der Waals surface area contributed by atoms with Crippen LogP contribution in [-0.4, -0.2) is 67.5 Å². The third-order valence-electron chi connectivity index (χ3n) is 8.23. The molecule has 46 heavy (non-hydrogen) atoms. The van der Waals surface area contributed by atoms with E-state index in [-0.39, 0.29) is 58.7 Å². The van der Waals surface area contributed by atoms with Crippen molar-refractivity contribution in [3.8, 4) is 34.3 Å². The van der Waals surface area contributed by atoms with Gasteiger partial charge in [-0.15, -0.1) is 0 Å². The van der Waals surface area contributed by atoms with E-state index in [9.17, 15) is 14.4 Å². The minimum absolute atomic E-state index is 0.0135. The number of methoxy groups -OCH3 is 3. The molecule has 6 rings (SSSR count). The van der Waals surface area contributed by atoms with Crippen LogP contribution in [0.2, 0.25) is 5.02 Å². The summed E-state index contributed by atoms with van der Waals surface area (Å²) < 4.78 is 28.8. The molecule has 1 aliphatic carbocycles. The lowest BCUT2D eigenvalue weighted by Gasteiger charge is -2.35. The number of anilines is 1. The Balaban J connectivity index is 1.37. The summed E-state index contributed by atoms with van der Waals surface area (Å²) in [7, 11) is 4.39. The van der Waals surface area contributed by atoms with E-state index in [0.717, 1.165) is 0 Å². The summed E-state index contributed by atoms with van der Waals surface area (Å²) in [5.41, 5.74) is -0.781. The highest BCUT2D eigenvalue weighted by atomic mass is 35.5. The molecular formula is C33H31ClN4O8. The Morgan fingerprint density at radius 1 is 1.00 bits per heavy atom. The van der Waals surface area contributed by atoms with E-state index < -0.39 is 23.1 Å². The number of rotatable bonds is 10. The molecule has 2 aromatic carbocycles. The van der Waals surface area contributed by atoms with E-state index >= 15 is 0 Å². The topological polar surface area (TPSA) is 151 Å². The smallest absolute Gasteiger partial charge is 0.237 e. The van der Waals surface area contributed by atoms with Crippen molar-refractivity contribution in [1.82, 2.24) is 15.3 Å². The standard InChI is InChI=1S/C33H31ClN4O8/c1-17-14-22-25(30(40)33(17)31(41)26-21(43-3)16-23(44-4)27(34)29(26)46-33)20(28(45-22)18-6-8-19(42-2)9-7-18)15-24(39)35-12-13-38-32-36-10-5-11-37-32/h5-11,16-17H,12-15H2,1-4H3,(H,35,39)(H,36,37,38)/t17-,33+/m1/s1. The Morgan fingerprint density at radius 2 is 1.70 bits per heavy atom. The highest BCUT2D eigenvalue weighted by Gasteiger charge is 2.63. The number of carbonyl (C=O) groups is 3. The van der Waals surface area contributed by atoms with Gasteiger partial charge in [-0.05, 0) is 30.3 Å². The zero-order valence-electron chi connectivity index (χ0n) is 25.6. The molecule has 0 saturated heterocycles. The van der Waals surface area contributed by atoms with E-state index in [1.807, 2.05) is 0 Å². The number of carbonyl (C=O) groups excluding carboxylic acids is 3. The number of aromatic nitrogens is 2. The molecule has 12 nitrogen and oxygen atoms in total. The average Bonchev–Trinajstić information content (AvgIpc) is 3.59. The van der Waals surface area contributed by atoms with Crippen molar-refractivity contribution in [2.24, 2.45) is 5.92 Å². The lowest BCUT2D eigenvalue weighted by molar-refractivity contribution is -0.120. The molecule has 2 N–H and O–H groups in total. The number of hydrogen-bond donors (Lipinski definition) is 2. The Morgan fingerprint density at radius 3 is 2.37 bits per heavy atom. The average molecular weight is 647 g/mol. The second-order valence-electron chi connectivity index (χ2n) is 10.9. The van der Waals surface area contributed by atoms with E-state index in [0.29, 0.717) is 40.9 Å². The van der Waals surface area contributed by atoms with Crippen LogP contribution in [0.4, 0.5) is 5.95 Å². The van der Waals surface area contributed by atoms with Crippen molar-refractivity contribution in [3.63, 3.8) is 0 Å². The van der Waals surface area contributed by atoms with Crippen molar-refractivity contribution < 1.29 is 37.7 Å². The third-order valence-corrected chi connectivity index (χ3v) is 8.59. The van der Waals surface area contributed by atoms with Crippen LogP contribution in [-0.2, 0) is 17.6 Å². The van der Waals surface area contributed by atoms with Crippen LogP contribution in [0.5, 0.6) is 23.0 Å². The van der Waals surface area contributed by atoms with E-state index in [1.54, 1.807) is 56.8 Å². The summed E-state index contributed by atoms with van der Waals surface area (Å²) in [6, 6.07) is 10.3. The number of Topliss-reactive ketones (excluding diaryl/α,β-unsaturated/α-hetero) is 2. The second-order valence-corrected chi connectivity index (χ2v) is 11.2. The second kappa shape index (κ2) is 12.4. The van der Waals surface area contributed by atoms with Crippen LogP contribution < -0.4 is 29.6 Å². The number of halogens is 1.